The van der Waals surface area contributed by atoms with Crippen LogP contribution in [0.1, 0.15) is 13.3 Å². The lowest BCUT2D eigenvalue weighted by molar-refractivity contribution is -0.104. The van der Waals surface area contributed by atoms with Crippen LogP contribution < -0.4 is 0 Å². The summed E-state index contributed by atoms with van der Waals surface area (Å²) in [5, 5.41) is 0. The molecular formula is C11H14O. The van der Waals surface area contributed by atoms with Crippen LogP contribution >= 0.6 is 0 Å². The summed E-state index contributed by atoms with van der Waals surface area (Å²) in [5.74, 6) is 0. The van der Waals surface area contributed by atoms with Gasteiger partial charge < -0.3 is 0 Å². The zero-order chi connectivity index (χ0) is 9.07. The van der Waals surface area contributed by atoms with Crippen molar-refractivity contribution in [2.45, 2.75) is 13.3 Å². The molecule has 0 aromatic heterocycles. The molecule has 0 N–H and O–H groups in total. The molecule has 0 aliphatic rings. The average Bonchev–Trinajstić information content (AvgIpc) is 2.10. The largest absolute Gasteiger partial charge is 0.299 e. The molecule has 0 heterocycles. The number of hydrogen-bond acceptors (Lipinski definition) is 1. The van der Waals surface area contributed by atoms with Crippen molar-refractivity contribution in [1.82, 2.24) is 0 Å². The number of carbonyl (C=O) groups excluding carboxylic acids is 1. The Bertz CT molecular complexity index is 207. The van der Waals surface area contributed by atoms with Gasteiger partial charge in [-0.15, -0.1) is 0 Å². The SMILES string of the molecule is CCC=CC=CC=CC=CC=O. The van der Waals surface area contributed by atoms with Crippen molar-refractivity contribution >= 4 is 6.29 Å². The van der Waals surface area contributed by atoms with E-state index in [1.165, 1.54) is 6.08 Å². The number of aldehydes is 1. The van der Waals surface area contributed by atoms with Crippen LogP contribution in [0.3, 0.4) is 0 Å². The van der Waals surface area contributed by atoms with Gasteiger partial charge in [0, 0.05) is 0 Å². The predicted octanol–water partition coefficient (Wildman–Crippen LogP) is 2.82. The van der Waals surface area contributed by atoms with Crippen LogP contribution in [0.15, 0.2) is 48.6 Å². The van der Waals surface area contributed by atoms with Crippen LogP contribution in [-0.4, -0.2) is 6.29 Å². The summed E-state index contributed by atoms with van der Waals surface area (Å²) in [7, 11) is 0. The van der Waals surface area contributed by atoms with Gasteiger partial charge in [0.2, 0.25) is 0 Å². The van der Waals surface area contributed by atoms with Gasteiger partial charge in [0.05, 0.1) is 0 Å². The van der Waals surface area contributed by atoms with Gasteiger partial charge in [0.25, 0.3) is 0 Å². The maximum Gasteiger partial charge on any atom is 0.142 e. The molecule has 12 heavy (non-hydrogen) atoms. The minimum atomic E-state index is 0.755. The Morgan fingerprint density at radius 2 is 1.33 bits per heavy atom. The van der Waals surface area contributed by atoms with E-state index in [1.807, 2.05) is 30.4 Å². The molecule has 1 heteroatoms. The van der Waals surface area contributed by atoms with Crippen molar-refractivity contribution in [1.29, 1.82) is 0 Å². The molecule has 0 spiro atoms. The highest BCUT2D eigenvalue weighted by molar-refractivity contribution is 5.65. The summed E-state index contributed by atoms with van der Waals surface area (Å²) < 4.78 is 0. The Kier molecular flexibility index (Phi) is 8.53. The third-order valence-corrected chi connectivity index (χ3v) is 1.12. The Labute approximate surface area is 73.8 Å². The maximum absolute atomic E-state index is 9.83. The molecule has 64 valence electrons. The second-order valence-electron chi connectivity index (χ2n) is 2.13. The van der Waals surface area contributed by atoms with Gasteiger partial charge in [0.1, 0.15) is 6.29 Å². The van der Waals surface area contributed by atoms with E-state index in [1.54, 1.807) is 6.08 Å². The third-order valence-electron chi connectivity index (χ3n) is 1.12. The molecule has 0 aromatic rings. The maximum atomic E-state index is 9.83. The van der Waals surface area contributed by atoms with Gasteiger partial charge >= 0.3 is 0 Å². The minimum absolute atomic E-state index is 0.755. The third kappa shape index (κ3) is 8.63. The van der Waals surface area contributed by atoms with Crippen LogP contribution in [0.25, 0.3) is 0 Å². The van der Waals surface area contributed by atoms with E-state index in [4.69, 9.17) is 0 Å². The smallest absolute Gasteiger partial charge is 0.142 e. The fourth-order valence-corrected chi connectivity index (χ4v) is 0.581. The Hall–Kier alpha value is -1.37. The van der Waals surface area contributed by atoms with E-state index in [-0.39, 0.29) is 0 Å². The summed E-state index contributed by atoms with van der Waals surface area (Å²) in [6.45, 7) is 2.09. The summed E-state index contributed by atoms with van der Waals surface area (Å²) in [4.78, 5) is 9.83. The second kappa shape index (κ2) is 9.63. The molecule has 0 bridgehead atoms. The van der Waals surface area contributed by atoms with Gasteiger partial charge in [-0.25, -0.2) is 0 Å². The zero-order valence-corrected chi connectivity index (χ0v) is 7.31. The average molecular weight is 162 g/mol. The second-order valence-corrected chi connectivity index (χ2v) is 2.13. The van der Waals surface area contributed by atoms with Crippen molar-refractivity contribution in [3.8, 4) is 0 Å². The lowest BCUT2D eigenvalue weighted by atomic mass is 10.3. The summed E-state index contributed by atoms with van der Waals surface area (Å²) in [6.07, 6.45) is 16.6. The van der Waals surface area contributed by atoms with Crippen LogP contribution in [0.2, 0.25) is 0 Å². The fraction of sp³-hybridized carbons (Fsp3) is 0.182. The number of allylic oxidation sites excluding steroid dienone is 8. The van der Waals surface area contributed by atoms with Crippen molar-refractivity contribution in [3.63, 3.8) is 0 Å². The molecular weight excluding hydrogens is 148 g/mol. The molecule has 0 rings (SSSR count). The van der Waals surface area contributed by atoms with Crippen molar-refractivity contribution < 1.29 is 4.79 Å². The normalized spacial score (nSPS) is 12.8. The van der Waals surface area contributed by atoms with Crippen LogP contribution in [0, 0.1) is 0 Å². The topological polar surface area (TPSA) is 17.1 Å². The van der Waals surface area contributed by atoms with Crippen molar-refractivity contribution in [2.75, 3.05) is 0 Å². The lowest BCUT2D eigenvalue weighted by Crippen LogP contribution is -1.56. The van der Waals surface area contributed by atoms with E-state index < -0.39 is 0 Å². The molecule has 0 radical (unpaired) electrons. The quantitative estimate of drug-likeness (QED) is 0.345. The molecule has 0 aromatic carbocycles. The summed E-state index contributed by atoms with van der Waals surface area (Å²) in [5.41, 5.74) is 0. The van der Waals surface area contributed by atoms with E-state index in [0.717, 1.165) is 12.7 Å². The van der Waals surface area contributed by atoms with Crippen molar-refractivity contribution in [3.05, 3.63) is 48.6 Å². The Morgan fingerprint density at radius 1 is 0.833 bits per heavy atom. The molecule has 0 atom stereocenters. The Balaban J connectivity index is 3.58. The first-order chi connectivity index (χ1) is 5.91. The first kappa shape index (κ1) is 10.6. The highest BCUT2D eigenvalue weighted by Gasteiger charge is 1.63. The molecule has 0 amide bonds. The highest BCUT2D eigenvalue weighted by atomic mass is 16.1. The first-order valence-corrected chi connectivity index (χ1v) is 4.02. The molecule has 0 saturated heterocycles. The molecule has 0 saturated carbocycles. The fourth-order valence-electron chi connectivity index (χ4n) is 0.581. The van der Waals surface area contributed by atoms with Gasteiger partial charge in [-0.3, -0.25) is 4.79 Å². The van der Waals surface area contributed by atoms with E-state index >= 15 is 0 Å². The lowest BCUT2D eigenvalue weighted by Gasteiger charge is -1.73. The molecule has 0 aliphatic carbocycles. The highest BCUT2D eigenvalue weighted by Crippen LogP contribution is 1.83. The first-order valence-electron chi connectivity index (χ1n) is 4.02. The van der Waals surface area contributed by atoms with Gasteiger partial charge in [-0.05, 0) is 12.5 Å². The van der Waals surface area contributed by atoms with Gasteiger partial charge in [-0.1, -0.05) is 49.5 Å². The predicted molar refractivity (Wildman–Crippen MR) is 52.9 cm³/mol. The molecule has 1 nitrogen and oxygen atoms in total. The van der Waals surface area contributed by atoms with Crippen LogP contribution in [-0.2, 0) is 4.79 Å². The monoisotopic (exact) mass is 162 g/mol. The van der Waals surface area contributed by atoms with E-state index in [2.05, 4.69) is 13.0 Å². The van der Waals surface area contributed by atoms with Crippen LogP contribution in [0.4, 0.5) is 0 Å². The van der Waals surface area contributed by atoms with Crippen LogP contribution in [0.5, 0.6) is 0 Å². The van der Waals surface area contributed by atoms with E-state index in [9.17, 15) is 4.79 Å². The summed E-state index contributed by atoms with van der Waals surface area (Å²) in [6, 6.07) is 0. The molecule has 0 fully saturated rings. The van der Waals surface area contributed by atoms with Gasteiger partial charge in [0.15, 0.2) is 0 Å². The van der Waals surface area contributed by atoms with Crippen molar-refractivity contribution in [2.24, 2.45) is 0 Å². The Morgan fingerprint density at radius 3 is 1.83 bits per heavy atom. The molecule has 0 aliphatic heterocycles. The standard InChI is InChI=1S/C11H14O/c1-2-3-4-5-6-7-8-9-10-11-12/h3-11H,2H2,1H3. The van der Waals surface area contributed by atoms with Gasteiger partial charge in [-0.2, -0.15) is 0 Å². The molecule has 0 unspecified atom stereocenters. The number of rotatable bonds is 5. The number of carbonyl (C=O) groups is 1. The zero-order valence-electron chi connectivity index (χ0n) is 7.31. The number of hydrogen-bond donors (Lipinski definition) is 0. The minimum Gasteiger partial charge on any atom is -0.299 e. The summed E-state index contributed by atoms with van der Waals surface area (Å²) >= 11 is 0. The van der Waals surface area contributed by atoms with E-state index in [0.29, 0.717) is 0 Å².